The van der Waals surface area contributed by atoms with E-state index >= 15 is 0 Å². The van der Waals surface area contributed by atoms with Crippen LogP contribution in [0.5, 0.6) is 11.5 Å². The average Bonchev–Trinajstić information content (AvgIpc) is 1.99. The average molecular weight is 230 g/mol. The fourth-order valence-corrected chi connectivity index (χ4v) is 2.01. The molecule has 0 aliphatic heterocycles. The number of rotatable bonds is 4. The van der Waals surface area contributed by atoms with E-state index in [2.05, 4.69) is 0 Å². The van der Waals surface area contributed by atoms with Crippen molar-refractivity contribution in [1.82, 2.24) is 0 Å². The zero-order valence-corrected chi connectivity index (χ0v) is 9.29. The lowest BCUT2D eigenvalue weighted by atomic mass is 10.1. The van der Waals surface area contributed by atoms with Crippen molar-refractivity contribution in [2.45, 2.75) is 12.8 Å². The van der Waals surface area contributed by atoms with E-state index in [4.69, 9.17) is 0 Å². The maximum Gasteiger partial charge on any atom is 0.147 e. The number of hydrogen-bond acceptors (Lipinski definition) is 4. The molecule has 0 bridgehead atoms. The van der Waals surface area contributed by atoms with Crippen molar-refractivity contribution in [3.8, 4) is 11.5 Å². The molecule has 0 fully saturated rings. The number of phenolic OH excluding ortho intramolecular Hbond substituents is 2. The number of benzene rings is 1. The molecule has 0 spiro atoms. The topological polar surface area (TPSA) is 74.6 Å². The first-order chi connectivity index (χ1) is 6.87. The summed E-state index contributed by atoms with van der Waals surface area (Å²) in [5.41, 5.74) is 0.733. The summed E-state index contributed by atoms with van der Waals surface area (Å²) < 4.78 is 21.7. The molecule has 0 saturated heterocycles. The van der Waals surface area contributed by atoms with Crippen LogP contribution in [0.15, 0.2) is 18.2 Å². The lowest BCUT2D eigenvalue weighted by Gasteiger charge is -2.02. The van der Waals surface area contributed by atoms with Crippen LogP contribution >= 0.6 is 0 Å². The van der Waals surface area contributed by atoms with E-state index in [1.54, 1.807) is 0 Å². The van der Waals surface area contributed by atoms with Gasteiger partial charge in [0.25, 0.3) is 0 Å². The first kappa shape index (κ1) is 11.8. The van der Waals surface area contributed by atoms with Gasteiger partial charge in [-0.05, 0) is 30.5 Å². The smallest absolute Gasteiger partial charge is 0.147 e. The Bertz CT molecular complexity index is 416. The second-order valence-corrected chi connectivity index (χ2v) is 5.85. The van der Waals surface area contributed by atoms with Crippen LogP contribution < -0.4 is 0 Å². The van der Waals surface area contributed by atoms with Gasteiger partial charge < -0.3 is 10.2 Å². The Hall–Kier alpha value is -1.23. The zero-order chi connectivity index (χ0) is 11.5. The lowest BCUT2D eigenvalue weighted by Crippen LogP contribution is -2.03. The molecule has 0 heterocycles. The molecule has 1 aromatic rings. The van der Waals surface area contributed by atoms with Crippen molar-refractivity contribution in [2.75, 3.05) is 12.0 Å². The van der Waals surface area contributed by atoms with Crippen LogP contribution in [0.4, 0.5) is 0 Å². The molecule has 0 aromatic heterocycles. The van der Waals surface area contributed by atoms with Gasteiger partial charge >= 0.3 is 0 Å². The Morgan fingerprint density at radius 2 is 1.67 bits per heavy atom. The number of sulfone groups is 1. The van der Waals surface area contributed by atoms with Gasteiger partial charge in [-0.2, -0.15) is 0 Å². The highest BCUT2D eigenvalue weighted by Gasteiger charge is 2.03. The van der Waals surface area contributed by atoms with Gasteiger partial charge in [0.2, 0.25) is 0 Å². The molecular formula is C10H14O4S. The molecule has 0 aliphatic carbocycles. The molecule has 0 amide bonds. The summed E-state index contributed by atoms with van der Waals surface area (Å²) in [5, 5.41) is 18.3. The van der Waals surface area contributed by atoms with E-state index in [-0.39, 0.29) is 17.3 Å². The monoisotopic (exact) mass is 230 g/mol. The number of aryl methyl sites for hydroxylation is 1. The highest BCUT2D eigenvalue weighted by Crippen LogP contribution is 2.21. The Balaban J connectivity index is 2.58. The van der Waals surface area contributed by atoms with E-state index in [0.717, 1.165) is 5.56 Å². The third-order valence-electron chi connectivity index (χ3n) is 1.94. The molecule has 84 valence electrons. The van der Waals surface area contributed by atoms with Crippen LogP contribution in [-0.2, 0) is 16.3 Å². The van der Waals surface area contributed by atoms with Crippen LogP contribution in [0.3, 0.4) is 0 Å². The molecule has 0 unspecified atom stereocenters. The number of hydrogen-bond donors (Lipinski definition) is 2. The summed E-state index contributed by atoms with van der Waals surface area (Å²) in [6, 6.07) is 4.27. The Morgan fingerprint density at radius 1 is 1.13 bits per heavy atom. The van der Waals surface area contributed by atoms with Crippen molar-refractivity contribution in [3.05, 3.63) is 23.8 Å². The summed E-state index contributed by atoms with van der Waals surface area (Å²) in [5.74, 6) is 0.0948. The summed E-state index contributed by atoms with van der Waals surface area (Å²) >= 11 is 0. The fourth-order valence-electron chi connectivity index (χ4n) is 1.34. The molecule has 0 aliphatic rings. The second kappa shape index (κ2) is 4.53. The van der Waals surface area contributed by atoms with Crippen molar-refractivity contribution in [3.63, 3.8) is 0 Å². The summed E-state index contributed by atoms with van der Waals surface area (Å²) in [6.07, 6.45) is 2.20. The molecule has 1 rings (SSSR count). The zero-order valence-electron chi connectivity index (χ0n) is 8.47. The highest BCUT2D eigenvalue weighted by molar-refractivity contribution is 7.90. The van der Waals surface area contributed by atoms with E-state index < -0.39 is 9.84 Å². The van der Waals surface area contributed by atoms with Crippen LogP contribution in [0.25, 0.3) is 0 Å². The Morgan fingerprint density at radius 3 is 2.13 bits per heavy atom. The predicted octanol–water partition coefficient (Wildman–Crippen LogP) is 1.07. The standard InChI is InChI=1S/C10H14O4S/c1-15(13,14)4-2-3-8-5-9(11)7-10(12)6-8/h5-7,11-12H,2-4H2,1H3. The van der Waals surface area contributed by atoms with Crippen molar-refractivity contribution < 1.29 is 18.6 Å². The molecule has 15 heavy (non-hydrogen) atoms. The maximum atomic E-state index is 10.9. The minimum absolute atomic E-state index is 0.00986. The number of aromatic hydroxyl groups is 2. The first-order valence-corrected chi connectivity index (χ1v) is 6.62. The van der Waals surface area contributed by atoms with Crippen molar-refractivity contribution >= 4 is 9.84 Å². The van der Waals surface area contributed by atoms with Gasteiger partial charge in [-0.15, -0.1) is 0 Å². The van der Waals surface area contributed by atoms with Crippen LogP contribution in [0.2, 0.25) is 0 Å². The van der Waals surface area contributed by atoms with Gasteiger partial charge in [0.15, 0.2) is 0 Å². The Labute approximate surface area is 89.1 Å². The van der Waals surface area contributed by atoms with Gasteiger partial charge in [0, 0.05) is 12.3 Å². The molecule has 0 radical (unpaired) electrons. The van der Waals surface area contributed by atoms with Crippen molar-refractivity contribution in [1.29, 1.82) is 0 Å². The van der Waals surface area contributed by atoms with E-state index in [0.29, 0.717) is 12.8 Å². The van der Waals surface area contributed by atoms with Crippen LogP contribution in [-0.4, -0.2) is 30.6 Å². The fraction of sp³-hybridized carbons (Fsp3) is 0.400. The molecule has 4 nitrogen and oxygen atoms in total. The SMILES string of the molecule is CS(=O)(=O)CCCc1cc(O)cc(O)c1. The molecule has 5 heteroatoms. The summed E-state index contributed by atoms with van der Waals surface area (Å²) in [6.45, 7) is 0. The van der Waals surface area contributed by atoms with Gasteiger partial charge in [-0.3, -0.25) is 0 Å². The van der Waals surface area contributed by atoms with Gasteiger partial charge in [-0.25, -0.2) is 8.42 Å². The van der Waals surface area contributed by atoms with Gasteiger partial charge in [0.1, 0.15) is 21.3 Å². The van der Waals surface area contributed by atoms with Crippen molar-refractivity contribution in [2.24, 2.45) is 0 Å². The predicted molar refractivity (Wildman–Crippen MR) is 57.8 cm³/mol. The quantitative estimate of drug-likeness (QED) is 0.811. The van der Waals surface area contributed by atoms with E-state index in [9.17, 15) is 18.6 Å². The third kappa shape index (κ3) is 4.69. The molecule has 0 atom stereocenters. The van der Waals surface area contributed by atoms with E-state index in [1.807, 2.05) is 0 Å². The minimum atomic E-state index is -2.94. The molecular weight excluding hydrogens is 216 g/mol. The summed E-state index contributed by atoms with van der Waals surface area (Å²) in [4.78, 5) is 0. The van der Waals surface area contributed by atoms with Gasteiger partial charge in [0.05, 0.1) is 5.75 Å². The molecule has 2 N–H and O–H groups in total. The third-order valence-corrected chi connectivity index (χ3v) is 2.97. The van der Waals surface area contributed by atoms with Gasteiger partial charge in [-0.1, -0.05) is 0 Å². The molecule has 0 saturated carbocycles. The first-order valence-electron chi connectivity index (χ1n) is 4.56. The Kier molecular flexibility index (Phi) is 3.57. The normalized spacial score (nSPS) is 11.5. The van der Waals surface area contributed by atoms with Crippen LogP contribution in [0.1, 0.15) is 12.0 Å². The highest BCUT2D eigenvalue weighted by atomic mass is 32.2. The largest absolute Gasteiger partial charge is 0.508 e. The maximum absolute atomic E-state index is 10.9. The minimum Gasteiger partial charge on any atom is -0.508 e. The summed E-state index contributed by atoms with van der Waals surface area (Å²) in [7, 11) is -2.94. The van der Waals surface area contributed by atoms with E-state index in [1.165, 1.54) is 24.5 Å². The number of phenols is 2. The second-order valence-electron chi connectivity index (χ2n) is 3.59. The molecule has 1 aromatic carbocycles. The van der Waals surface area contributed by atoms with Crippen LogP contribution in [0, 0.1) is 0 Å². The lowest BCUT2D eigenvalue weighted by molar-refractivity contribution is 0.449.